The van der Waals surface area contributed by atoms with Gasteiger partial charge in [0.1, 0.15) is 0 Å². The molecular formula is C16H25BrN2. The number of hydrogen-bond acceptors (Lipinski definition) is 2. The van der Waals surface area contributed by atoms with E-state index in [0.717, 1.165) is 0 Å². The Hall–Kier alpha value is -0.540. The monoisotopic (exact) mass is 324 g/mol. The summed E-state index contributed by atoms with van der Waals surface area (Å²) < 4.78 is 1.17. The van der Waals surface area contributed by atoms with Crippen LogP contribution in [0.15, 0.2) is 16.6 Å². The van der Waals surface area contributed by atoms with Crippen molar-refractivity contribution in [2.45, 2.75) is 58.5 Å². The van der Waals surface area contributed by atoms with Gasteiger partial charge in [-0.2, -0.15) is 0 Å². The maximum Gasteiger partial charge on any atom is 0.0516 e. The van der Waals surface area contributed by atoms with E-state index in [1.54, 1.807) is 0 Å². The fourth-order valence-corrected chi connectivity index (χ4v) is 3.74. The quantitative estimate of drug-likeness (QED) is 0.857. The Labute approximate surface area is 125 Å². The molecule has 1 heterocycles. The highest BCUT2D eigenvalue weighted by molar-refractivity contribution is 9.10. The predicted molar refractivity (Wildman–Crippen MR) is 87.0 cm³/mol. The molecule has 1 aromatic carbocycles. The molecule has 0 radical (unpaired) electrons. The van der Waals surface area contributed by atoms with E-state index < -0.39 is 0 Å². The van der Waals surface area contributed by atoms with Crippen LogP contribution in [0.25, 0.3) is 0 Å². The molecule has 1 fully saturated rings. The first-order valence-electron chi connectivity index (χ1n) is 7.33. The van der Waals surface area contributed by atoms with Gasteiger partial charge in [0.2, 0.25) is 0 Å². The van der Waals surface area contributed by atoms with Crippen LogP contribution in [0, 0.1) is 13.8 Å². The summed E-state index contributed by atoms with van der Waals surface area (Å²) in [5, 5.41) is 7.29. The van der Waals surface area contributed by atoms with Gasteiger partial charge >= 0.3 is 0 Å². The van der Waals surface area contributed by atoms with E-state index in [2.05, 4.69) is 59.5 Å². The molecule has 106 valence electrons. The van der Waals surface area contributed by atoms with Crippen molar-refractivity contribution in [3.05, 3.63) is 27.7 Å². The van der Waals surface area contributed by atoms with Gasteiger partial charge in [0.15, 0.2) is 0 Å². The number of hydrogen-bond donors (Lipinski definition) is 2. The summed E-state index contributed by atoms with van der Waals surface area (Å²) in [5.74, 6) is 0. The summed E-state index contributed by atoms with van der Waals surface area (Å²) in [6.07, 6.45) is 5.22. The largest absolute Gasteiger partial charge is 0.381 e. The predicted octanol–water partition coefficient (Wildman–Crippen LogP) is 4.40. The van der Waals surface area contributed by atoms with Gasteiger partial charge < -0.3 is 10.6 Å². The molecule has 3 heteroatoms. The zero-order valence-electron chi connectivity index (χ0n) is 12.2. The molecule has 0 spiro atoms. The SMILES string of the molecule is Cc1cc(C)c(NC(C)CC2CCCCN2)c(Br)c1. The first kappa shape index (κ1) is 14.9. The van der Waals surface area contributed by atoms with Crippen LogP contribution in [0.5, 0.6) is 0 Å². The molecule has 2 rings (SSSR count). The highest BCUT2D eigenvalue weighted by Crippen LogP contribution is 2.29. The second-order valence-electron chi connectivity index (χ2n) is 5.87. The van der Waals surface area contributed by atoms with E-state index in [9.17, 15) is 0 Å². The minimum atomic E-state index is 0.494. The Balaban J connectivity index is 1.96. The molecule has 0 bridgehead atoms. The number of piperidine rings is 1. The fourth-order valence-electron chi connectivity index (χ4n) is 2.96. The maximum absolute atomic E-state index is 3.67. The number of aryl methyl sites for hydroxylation is 2. The summed E-state index contributed by atoms with van der Waals surface area (Å²) in [6.45, 7) is 7.77. The van der Waals surface area contributed by atoms with Crippen molar-refractivity contribution in [2.24, 2.45) is 0 Å². The Bertz CT molecular complexity index is 402. The first-order valence-corrected chi connectivity index (χ1v) is 8.12. The van der Waals surface area contributed by atoms with Crippen LogP contribution >= 0.6 is 15.9 Å². The summed E-state index contributed by atoms with van der Waals surface area (Å²) in [6, 6.07) is 5.59. The van der Waals surface area contributed by atoms with Crippen molar-refractivity contribution in [1.29, 1.82) is 0 Å². The molecular weight excluding hydrogens is 300 g/mol. The average molecular weight is 325 g/mol. The van der Waals surface area contributed by atoms with Gasteiger partial charge in [0.25, 0.3) is 0 Å². The summed E-state index contributed by atoms with van der Waals surface area (Å²) in [5.41, 5.74) is 3.86. The molecule has 0 aliphatic carbocycles. The maximum atomic E-state index is 3.67. The third-order valence-electron chi connectivity index (χ3n) is 3.87. The Morgan fingerprint density at radius 3 is 2.79 bits per heavy atom. The highest BCUT2D eigenvalue weighted by atomic mass is 79.9. The van der Waals surface area contributed by atoms with Crippen LogP contribution in [0.2, 0.25) is 0 Å². The van der Waals surface area contributed by atoms with Gasteiger partial charge in [-0.05, 0) is 79.7 Å². The summed E-state index contributed by atoms with van der Waals surface area (Å²) in [7, 11) is 0. The van der Waals surface area contributed by atoms with E-state index >= 15 is 0 Å². The molecule has 1 saturated heterocycles. The molecule has 19 heavy (non-hydrogen) atoms. The lowest BCUT2D eigenvalue weighted by Gasteiger charge is -2.27. The van der Waals surface area contributed by atoms with Gasteiger partial charge in [-0.1, -0.05) is 12.5 Å². The lowest BCUT2D eigenvalue weighted by Crippen LogP contribution is -2.37. The molecule has 2 N–H and O–H groups in total. The Morgan fingerprint density at radius 1 is 1.37 bits per heavy atom. The summed E-state index contributed by atoms with van der Waals surface area (Å²) in [4.78, 5) is 0. The number of rotatable bonds is 4. The van der Waals surface area contributed by atoms with Gasteiger partial charge in [0.05, 0.1) is 5.69 Å². The summed E-state index contributed by atoms with van der Waals surface area (Å²) >= 11 is 3.67. The highest BCUT2D eigenvalue weighted by Gasteiger charge is 2.16. The molecule has 2 nitrogen and oxygen atoms in total. The minimum Gasteiger partial charge on any atom is -0.381 e. The Morgan fingerprint density at radius 2 is 2.16 bits per heavy atom. The van der Waals surface area contributed by atoms with Crippen molar-refractivity contribution in [3.8, 4) is 0 Å². The minimum absolute atomic E-state index is 0.494. The van der Waals surface area contributed by atoms with Crippen molar-refractivity contribution in [1.82, 2.24) is 5.32 Å². The molecule has 1 aliphatic rings. The van der Waals surface area contributed by atoms with Gasteiger partial charge in [0, 0.05) is 16.6 Å². The third-order valence-corrected chi connectivity index (χ3v) is 4.50. The number of benzene rings is 1. The molecule has 0 amide bonds. The zero-order valence-corrected chi connectivity index (χ0v) is 13.8. The van der Waals surface area contributed by atoms with E-state index in [4.69, 9.17) is 0 Å². The zero-order chi connectivity index (χ0) is 13.8. The molecule has 1 aliphatic heterocycles. The molecule has 1 aromatic rings. The standard InChI is InChI=1S/C16H25BrN2/c1-11-8-12(2)16(15(17)9-11)19-13(3)10-14-6-4-5-7-18-14/h8-9,13-14,18-19H,4-7,10H2,1-3H3. The van der Waals surface area contributed by atoms with Crippen LogP contribution in [-0.4, -0.2) is 18.6 Å². The van der Waals surface area contributed by atoms with Crippen molar-refractivity contribution in [3.63, 3.8) is 0 Å². The number of nitrogens with one attached hydrogen (secondary N) is 2. The number of anilines is 1. The van der Waals surface area contributed by atoms with E-state index in [0.29, 0.717) is 12.1 Å². The molecule has 0 aromatic heterocycles. The van der Waals surface area contributed by atoms with E-state index in [1.165, 1.54) is 53.5 Å². The molecule has 0 saturated carbocycles. The third kappa shape index (κ3) is 4.22. The van der Waals surface area contributed by atoms with Crippen LogP contribution in [-0.2, 0) is 0 Å². The lowest BCUT2D eigenvalue weighted by atomic mass is 9.98. The molecule has 2 unspecified atom stereocenters. The fraction of sp³-hybridized carbons (Fsp3) is 0.625. The lowest BCUT2D eigenvalue weighted by molar-refractivity contribution is 0.371. The van der Waals surface area contributed by atoms with E-state index in [-0.39, 0.29) is 0 Å². The van der Waals surface area contributed by atoms with E-state index in [1.807, 2.05) is 0 Å². The first-order chi connectivity index (χ1) is 9.06. The Kier molecular flexibility index (Phi) is 5.28. The van der Waals surface area contributed by atoms with Crippen molar-refractivity contribution < 1.29 is 0 Å². The smallest absolute Gasteiger partial charge is 0.0516 e. The number of halogens is 1. The normalized spacial score (nSPS) is 21.2. The van der Waals surface area contributed by atoms with Gasteiger partial charge in [-0.15, -0.1) is 0 Å². The van der Waals surface area contributed by atoms with Crippen molar-refractivity contribution >= 4 is 21.6 Å². The molecule has 2 atom stereocenters. The van der Waals surface area contributed by atoms with Gasteiger partial charge in [-0.3, -0.25) is 0 Å². The average Bonchev–Trinajstić information content (AvgIpc) is 2.35. The second kappa shape index (κ2) is 6.76. The van der Waals surface area contributed by atoms with Crippen molar-refractivity contribution in [2.75, 3.05) is 11.9 Å². The van der Waals surface area contributed by atoms with Crippen LogP contribution < -0.4 is 10.6 Å². The van der Waals surface area contributed by atoms with Crippen LogP contribution in [0.4, 0.5) is 5.69 Å². The topological polar surface area (TPSA) is 24.1 Å². The van der Waals surface area contributed by atoms with Crippen LogP contribution in [0.1, 0.15) is 43.7 Å². The second-order valence-corrected chi connectivity index (χ2v) is 6.72. The van der Waals surface area contributed by atoms with Crippen LogP contribution in [0.3, 0.4) is 0 Å². The van der Waals surface area contributed by atoms with Gasteiger partial charge in [-0.25, -0.2) is 0 Å².